The molecular formula is C10H9FN2O. The molecule has 2 aromatic rings. The molecule has 3 nitrogen and oxygen atoms in total. The second-order valence-electron chi connectivity index (χ2n) is 3.07. The van der Waals surface area contributed by atoms with E-state index in [1.165, 1.54) is 12.1 Å². The third-order valence-electron chi connectivity index (χ3n) is 2.00. The van der Waals surface area contributed by atoms with Crippen LogP contribution in [0.4, 0.5) is 10.3 Å². The predicted molar refractivity (Wildman–Crippen MR) is 51.0 cm³/mol. The number of benzene rings is 1. The number of rotatable bonds is 1. The zero-order valence-corrected chi connectivity index (χ0v) is 7.62. The second-order valence-corrected chi connectivity index (χ2v) is 3.07. The van der Waals surface area contributed by atoms with Gasteiger partial charge in [-0.15, -0.1) is 0 Å². The minimum Gasteiger partial charge on any atom is -0.368 e. The molecule has 0 saturated heterocycles. The fraction of sp³-hybridized carbons (Fsp3) is 0.100. The molecule has 0 unspecified atom stereocenters. The summed E-state index contributed by atoms with van der Waals surface area (Å²) in [7, 11) is 0. The van der Waals surface area contributed by atoms with Crippen molar-refractivity contribution in [1.82, 2.24) is 5.16 Å². The van der Waals surface area contributed by atoms with E-state index in [1.807, 2.05) is 6.92 Å². The first-order valence-corrected chi connectivity index (χ1v) is 4.15. The summed E-state index contributed by atoms with van der Waals surface area (Å²) in [6.45, 7) is 1.87. The Labute approximate surface area is 80.3 Å². The number of nitrogens with two attached hydrogens (primary N) is 1. The largest absolute Gasteiger partial charge is 0.368 e. The minimum absolute atomic E-state index is 0.226. The molecule has 0 saturated carbocycles. The van der Waals surface area contributed by atoms with Crippen molar-refractivity contribution >= 4 is 5.88 Å². The number of hydrogen-bond acceptors (Lipinski definition) is 3. The van der Waals surface area contributed by atoms with E-state index in [-0.39, 0.29) is 11.7 Å². The molecule has 0 radical (unpaired) electrons. The summed E-state index contributed by atoms with van der Waals surface area (Å²) >= 11 is 0. The lowest BCUT2D eigenvalue weighted by molar-refractivity contribution is 0.439. The van der Waals surface area contributed by atoms with Crippen molar-refractivity contribution in [3.8, 4) is 11.3 Å². The summed E-state index contributed by atoms with van der Waals surface area (Å²) in [5, 5.41) is 3.72. The number of hydrogen-bond donors (Lipinski definition) is 1. The molecule has 1 aromatic heterocycles. The molecule has 4 heteroatoms. The Morgan fingerprint density at radius 2 is 2.14 bits per heavy atom. The normalized spacial score (nSPS) is 10.4. The average molecular weight is 192 g/mol. The van der Waals surface area contributed by atoms with E-state index < -0.39 is 0 Å². The molecular weight excluding hydrogens is 183 g/mol. The van der Waals surface area contributed by atoms with Gasteiger partial charge in [-0.2, -0.15) is 0 Å². The molecule has 1 aromatic carbocycles. The lowest BCUT2D eigenvalue weighted by Gasteiger charge is -2.00. The van der Waals surface area contributed by atoms with Crippen LogP contribution in [0.25, 0.3) is 11.3 Å². The highest BCUT2D eigenvalue weighted by atomic mass is 19.1. The SMILES string of the molecule is Cc1ccc(F)cc1-c1cc(N)on1. The van der Waals surface area contributed by atoms with Gasteiger partial charge in [0.05, 0.1) is 0 Å². The van der Waals surface area contributed by atoms with Crippen molar-refractivity contribution in [3.05, 3.63) is 35.6 Å². The summed E-state index contributed by atoms with van der Waals surface area (Å²) in [6, 6.07) is 6.08. The third-order valence-corrected chi connectivity index (χ3v) is 2.00. The number of aryl methyl sites for hydroxylation is 1. The van der Waals surface area contributed by atoms with Gasteiger partial charge in [0.2, 0.25) is 5.88 Å². The minimum atomic E-state index is -0.299. The first-order chi connectivity index (χ1) is 6.66. The standard InChI is InChI=1S/C10H9FN2O/c1-6-2-3-7(11)4-8(6)9-5-10(12)14-13-9/h2-5H,12H2,1H3. The molecule has 0 aliphatic rings. The van der Waals surface area contributed by atoms with E-state index in [1.54, 1.807) is 12.1 Å². The first kappa shape index (κ1) is 8.74. The fourth-order valence-electron chi connectivity index (χ4n) is 1.29. The summed E-state index contributed by atoms with van der Waals surface area (Å²) in [5.41, 5.74) is 7.57. The van der Waals surface area contributed by atoms with Crippen LogP contribution in [0.15, 0.2) is 28.8 Å². The molecule has 0 spiro atoms. The highest BCUT2D eigenvalue weighted by Gasteiger charge is 2.07. The third kappa shape index (κ3) is 1.46. The van der Waals surface area contributed by atoms with E-state index in [9.17, 15) is 4.39 Å². The summed E-state index contributed by atoms with van der Waals surface area (Å²) in [6.07, 6.45) is 0. The Morgan fingerprint density at radius 1 is 1.36 bits per heavy atom. The summed E-state index contributed by atoms with van der Waals surface area (Å²) in [4.78, 5) is 0. The monoisotopic (exact) mass is 192 g/mol. The number of aromatic nitrogens is 1. The highest BCUT2D eigenvalue weighted by Crippen LogP contribution is 2.24. The quantitative estimate of drug-likeness (QED) is 0.754. The molecule has 0 atom stereocenters. The van der Waals surface area contributed by atoms with Crippen molar-refractivity contribution < 1.29 is 8.91 Å². The molecule has 0 fully saturated rings. The maximum atomic E-state index is 12.9. The molecule has 2 N–H and O–H groups in total. The molecule has 2 rings (SSSR count). The lowest BCUT2D eigenvalue weighted by Crippen LogP contribution is -1.85. The van der Waals surface area contributed by atoms with Gasteiger partial charge in [-0.3, -0.25) is 0 Å². The topological polar surface area (TPSA) is 52.0 Å². The zero-order chi connectivity index (χ0) is 10.1. The summed E-state index contributed by atoms with van der Waals surface area (Å²) in [5.74, 6) is -0.0733. The van der Waals surface area contributed by atoms with Gasteiger partial charge in [0, 0.05) is 11.6 Å². The van der Waals surface area contributed by atoms with E-state index in [0.717, 1.165) is 5.56 Å². The van der Waals surface area contributed by atoms with Crippen LogP contribution in [0.3, 0.4) is 0 Å². The molecule has 14 heavy (non-hydrogen) atoms. The van der Waals surface area contributed by atoms with Gasteiger partial charge in [0.1, 0.15) is 11.5 Å². The highest BCUT2D eigenvalue weighted by molar-refractivity contribution is 5.64. The Bertz CT molecular complexity index is 465. The van der Waals surface area contributed by atoms with Crippen molar-refractivity contribution in [1.29, 1.82) is 0 Å². The van der Waals surface area contributed by atoms with Crippen LogP contribution in [0.2, 0.25) is 0 Å². The van der Waals surface area contributed by atoms with Crippen LogP contribution in [0.1, 0.15) is 5.56 Å². The number of anilines is 1. The van der Waals surface area contributed by atoms with Crippen molar-refractivity contribution in [2.45, 2.75) is 6.92 Å². The van der Waals surface area contributed by atoms with Gasteiger partial charge in [0.15, 0.2) is 0 Å². The lowest BCUT2D eigenvalue weighted by atomic mass is 10.1. The predicted octanol–water partition coefficient (Wildman–Crippen LogP) is 2.37. The van der Waals surface area contributed by atoms with Crippen molar-refractivity contribution in [2.24, 2.45) is 0 Å². The molecule has 0 aliphatic carbocycles. The van der Waals surface area contributed by atoms with Crippen LogP contribution < -0.4 is 5.73 Å². The van der Waals surface area contributed by atoms with Gasteiger partial charge < -0.3 is 10.3 Å². The van der Waals surface area contributed by atoms with E-state index in [4.69, 9.17) is 10.3 Å². The van der Waals surface area contributed by atoms with Crippen LogP contribution >= 0.6 is 0 Å². The van der Waals surface area contributed by atoms with Gasteiger partial charge in [-0.05, 0) is 24.6 Å². The number of nitrogen functional groups attached to an aromatic ring is 1. The van der Waals surface area contributed by atoms with E-state index in [2.05, 4.69) is 5.16 Å². The van der Waals surface area contributed by atoms with Crippen LogP contribution in [0.5, 0.6) is 0 Å². The maximum absolute atomic E-state index is 12.9. The Hall–Kier alpha value is -1.84. The van der Waals surface area contributed by atoms with Crippen LogP contribution in [-0.2, 0) is 0 Å². The van der Waals surface area contributed by atoms with E-state index >= 15 is 0 Å². The smallest absolute Gasteiger partial charge is 0.222 e. The van der Waals surface area contributed by atoms with Crippen LogP contribution in [0, 0.1) is 12.7 Å². The summed E-state index contributed by atoms with van der Waals surface area (Å²) < 4.78 is 17.7. The average Bonchev–Trinajstić information content (AvgIpc) is 2.56. The van der Waals surface area contributed by atoms with E-state index in [0.29, 0.717) is 11.3 Å². The number of nitrogens with zero attached hydrogens (tertiary/aromatic N) is 1. The Balaban J connectivity index is 2.55. The van der Waals surface area contributed by atoms with Crippen molar-refractivity contribution in [3.63, 3.8) is 0 Å². The second kappa shape index (κ2) is 3.14. The molecule has 1 heterocycles. The van der Waals surface area contributed by atoms with Gasteiger partial charge >= 0.3 is 0 Å². The maximum Gasteiger partial charge on any atom is 0.222 e. The Kier molecular flexibility index (Phi) is 1.96. The molecule has 72 valence electrons. The zero-order valence-electron chi connectivity index (χ0n) is 7.62. The van der Waals surface area contributed by atoms with Crippen molar-refractivity contribution in [2.75, 3.05) is 5.73 Å². The Morgan fingerprint density at radius 3 is 2.79 bits per heavy atom. The fourth-order valence-corrected chi connectivity index (χ4v) is 1.29. The first-order valence-electron chi connectivity index (χ1n) is 4.15. The van der Waals surface area contributed by atoms with Gasteiger partial charge in [0.25, 0.3) is 0 Å². The van der Waals surface area contributed by atoms with Crippen LogP contribution in [-0.4, -0.2) is 5.16 Å². The van der Waals surface area contributed by atoms with Gasteiger partial charge in [-0.1, -0.05) is 11.2 Å². The molecule has 0 aliphatic heterocycles. The molecule has 0 amide bonds. The number of halogens is 1. The molecule has 0 bridgehead atoms. The van der Waals surface area contributed by atoms with Gasteiger partial charge in [-0.25, -0.2) is 4.39 Å².